The lowest BCUT2D eigenvalue weighted by atomic mass is 9.96. The van der Waals surface area contributed by atoms with Gasteiger partial charge in [0, 0.05) is 19.6 Å². The molecule has 1 atom stereocenters. The van der Waals surface area contributed by atoms with Gasteiger partial charge >= 0.3 is 0 Å². The van der Waals surface area contributed by atoms with Crippen LogP contribution in [0.3, 0.4) is 0 Å². The molecule has 1 aliphatic heterocycles. The minimum Gasteiger partial charge on any atom is -0.497 e. The average Bonchev–Trinajstić information content (AvgIpc) is 3.13. The number of fused-ring (bicyclic) bond motifs is 1. The smallest absolute Gasteiger partial charge is 0.263 e. The van der Waals surface area contributed by atoms with E-state index in [-0.39, 0.29) is 11.8 Å². The second kappa shape index (κ2) is 7.84. The lowest BCUT2D eigenvalue weighted by Crippen LogP contribution is -2.43. The summed E-state index contributed by atoms with van der Waals surface area (Å²) in [6.45, 7) is 3.81. The van der Waals surface area contributed by atoms with Gasteiger partial charge in [-0.15, -0.1) is 0 Å². The van der Waals surface area contributed by atoms with Gasteiger partial charge in [0.25, 0.3) is 5.71 Å². The van der Waals surface area contributed by atoms with E-state index in [1.165, 1.54) is 6.33 Å². The number of anilines is 1. The number of aryl methyl sites for hydroxylation is 1. The first kappa shape index (κ1) is 18.2. The Morgan fingerprint density at radius 3 is 3.14 bits per heavy atom. The summed E-state index contributed by atoms with van der Waals surface area (Å²) in [5, 5.41) is 7.86. The van der Waals surface area contributed by atoms with Gasteiger partial charge in [-0.1, -0.05) is 17.3 Å². The van der Waals surface area contributed by atoms with Gasteiger partial charge in [-0.2, -0.15) is 4.98 Å². The number of ether oxygens (including phenoxy) is 1. The number of benzene rings is 1. The molecule has 4 rings (SSSR count). The van der Waals surface area contributed by atoms with E-state index in [2.05, 4.69) is 25.3 Å². The first-order valence-electron chi connectivity index (χ1n) is 9.38. The minimum atomic E-state index is -0.0930. The fourth-order valence-electron chi connectivity index (χ4n) is 3.64. The molecule has 8 heteroatoms. The highest BCUT2D eigenvalue weighted by Gasteiger charge is 2.28. The Bertz CT molecular complexity index is 987. The molecule has 0 bridgehead atoms. The third-order valence-corrected chi connectivity index (χ3v) is 5.12. The molecule has 1 saturated heterocycles. The SMILES string of the molecule is COc1cccc(CNC(=O)C2CCCN(c3ncnc4onc(C)c34)C2)c1. The van der Waals surface area contributed by atoms with Gasteiger partial charge in [0.2, 0.25) is 5.91 Å². The van der Waals surface area contributed by atoms with Crippen LogP contribution in [0.5, 0.6) is 5.75 Å². The molecule has 3 heterocycles. The number of piperidine rings is 1. The van der Waals surface area contributed by atoms with Crippen LogP contribution in [-0.2, 0) is 11.3 Å². The fraction of sp³-hybridized carbons (Fsp3) is 0.400. The van der Waals surface area contributed by atoms with Gasteiger partial charge in [-0.3, -0.25) is 4.79 Å². The molecular formula is C20H23N5O3. The minimum absolute atomic E-state index is 0.0554. The maximum Gasteiger partial charge on any atom is 0.263 e. The Morgan fingerprint density at radius 1 is 1.39 bits per heavy atom. The Kier molecular flexibility index (Phi) is 5.10. The Hall–Kier alpha value is -3.16. The summed E-state index contributed by atoms with van der Waals surface area (Å²) >= 11 is 0. The zero-order valence-corrected chi connectivity index (χ0v) is 16.0. The number of carbonyl (C=O) groups is 1. The molecule has 3 aromatic rings. The third-order valence-electron chi connectivity index (χ3n) is 5.12. The number of aromatic nitrogens is 3. The number of amides is 1. The lowest BCUT2D eigenvalue weighted by Gasteiger charge is -2.33. The quantitative estimate of drug-likeness (QED) is 0.725. The fourth-order valence-corrected chi connectivity index (χ4v) is 3.64. The summed E-state index contributed by atoms with van der Waals surface area (Å²) in [5.41, 5.74) is 2.25. The molecule has 1 aliphatic rings. The normalized spacial score (nSPS) is 16.9. The van der Waals surface area contributed by atoms with E-state index in [1.807, 2.05) is 31.2 Å². The lowest BCUT2D eigenvalue weighted by molar-refractivity contribution is -0.125. The van der Waals surface area contributed by atoms with Crippen molar-refractivity contribution in [3.8, 4) is 5.75 Å². The number of nitrogens with one attached hydrogen (secondary N) is 1. The Morgan fingerprint density at radius 2 is 2.29 bits per heavy atom. The monoisotopic (exact) mass is 381 g/mol. The molecule has 0 spiro atoms. The molecule has 1 unspecified atom stereocenters. The molecule has 28 heavy (non-hydrogen) atoms. The van der Waals surface area contributed by atoms with Crippen LogP contribution >= 0.6 is 0 Å². The van der Waals surface area contributed by atoms with Crippen molar-refractivity contribution < 1.29 is 14.1 Å². The van der Waals surface area contributed by atoms with Gasteiger partial charge in [-0.25, -0.2) is 4.98 Å². The number of rotatable bonds is 5. The molecule has 1 aromatic carbocycles. The standard InChI is InChI=1S/C20H23N5O3/c1-13-17-18(22-12-23-20(17)28-24-13)25-8-4-6-15(11-25)19(26)21-10-14-5-3-7-16(9-14)27-2/h3,5,7,9,12,15H,4,6,8,10-11H2,1-2H3,(H,21,26). The van der Waals surface area contributed by atoms with E-state index >= 15 is 0 Å². The van der Waals surface area contributed by atoms with Crippen LogP contribution in [0.2, 0.25) is 0 Å². The molecule has 0 saturated carbocycles. The van der Waals surface area contributed by atoms with Crippen molar-refractivity contribution in [2.75, 3.05) is 25.1 Å². The van der Waals surface area contributed by atoms with Crippen molar-refractivity contribution in [2.45, 2.75) is 26.3 Å². The van der Waals surface area contributed by atoms with Crippen molar-refractivity contribution in [1.82, 2.24) is 20.4 Å². The van der Waals surface area contributed by atoms with Gasteiger partial charge < -0.3 is 19.5 Å². The summed E-state index contributed by atoms with van der Waals surface area (Å²) in [5.74, 6) is 1.53. The largest absolute Gasteiger partial charge is 0.497 e. The summed E-state index contributed by atoms with van der Waals surface area (Å²) in [7, 11) is 1.63. The van der Waals surface area contributed by atoms with Gasteiger partial charge in [-0.05, 0) is 37.5 Å². The third kappa shape index (κ3) is 3.62. The van der Waals surface area contributed by atoms with Crippen molar-refractivity contribution in [3.05, 3.63) is 41.9 Å². The van der Waals surface area contributed by atoms with E-state index in [4.69, 9.17) is 9.26 Å². The van der Waals surface area contributed by atoms with E-state index in [9.17, 15) is 4.79 Å². The zero-order chi connectivity index (χ0) is 19.5. The number of carbonyl (C=O) groups excluding carboxylic acids is 1. The summed E-state index contributed by atoms with van der Waals surface area (Å²) in [4.78, 5) is 23.5. The van der Waals surface area contributed by atoms with Crippen molar-refractivity contribution in [1.29, 1.82) is 0 Å². The van der Waals surface area contributed by atoms with Crippen LogP contribution in [-0.4, -0.2) is 41.2 Å². The predicted octanol–water partition coefficient (Wildman–Crippen LogP) is 2.47. The van der Waals surface area contributed by atoms with E-state index in [1.54, 1.807) is 7.11 Å². The molecule has 0 radical (unpaired) electrons. The van der Waals surface area contributed by atoms with Gasteiger partial charge in [0.15, 0.2) is 0 Å². The van der Waals surface area contributed by atoms with Crippen LogP contribution in [0.25, 0.3) is 11.1 Å². The molecule has 8 nitrogen and oxygen atoms in total. The summed E-state index contributed by atoms with van der Waals surface area (Å²) < 4.78 is 10.5. The molecular weight excluding hydrogens is 358 g/mol. The van der Waals surface area contributed by atoms with Crippen molar-refractivity contribution in [2.24, 2.45) is 5.92 Å². The first-order valence-corrected chi connectivity index (χ1v) is 9.38. The maximum absolute atomic E-state index is 12.8. The molecule has 146 valence electrons. The molecule has 1 N–H and O–H groups in total. The van der Waals surface area contributed by atoms with Crippen LogP contribution in [0.4, 0.5) is 5.82 Å². The molecule has 1 amide bonds. The van der Waals surface area contributed by atoms with Crippen molar-refractivity contribution in [3.63, 3.8) is 0 Å². The van der Waals surface area contributed by atoms with Gasteiger partial charge in [0.05, 0.1) is 18.7 Å². The highest BCUT2D eigenvalue weighted by molar-refractivity contribution is 5.88. The second-order valence-electron chi connectivity index (χ2n) is 7.00. The van der Waals surface area contributed by atoms with Gasteiger partial charge in [0.1, 0.15) is 23.3 Å². The highest BCUT2D eigenvalue weighted by Crippen LogP contribution is 2.29. The van der Waals surface area contributed by atoms with Crippen LogP contribution < -0.4 is 15.0 Å². The number of hydrogen-bond donors (Lipinski definition) is 1. The second-order valence-corrected chi connectivity index (χ2v) is 7.00. The summed E-state index contributed by atoms with van der Waals surface area (Å²) in [6.07, 6.45) is 3.26. The predicted molar refractivity (Wildman–Crippen MR) is 104 cm³/mol. The topological polar surface area (TPSA) is 93.4 Å². The van der Waals surface area contributed by atoms with E-state index in [0.29, 0.717) is 18.8 Å². The van der Waals surface area contributed by atoms with Crippen LogP contribution in [0.15, 0.2) is 35.1 Å². The summed E-state index contributed by atoms with van der Waals surface area (Å²) in [6, 6.07) is 7.71. The Balaban J connectivity index is 1.44. The van der Waals surface area contributed by atoms with E-state index < -0.39 is 0 Å². The average molecular weight is 381 g/mol. The van der Waals surface area contributed by atoms with Crippen molar-refractivity contribution >= 4 is 22.8 Å². The highest BCUT2D eigenvalue weighted by atomic mass is 16.5. The Labute approximate surface area is 162 Å². The number of hydrogen-bond acceptors (Lipinski definition) is 7. The zero-order valence-electron chi connectivity index (χ0n) is 16.0. The first-order chi connectivity index (χ1) is 13.7. The maximum atomic E-state index is 12.8. The number of methoxy groups -OCH3 is 1. The van der Waals surface area contributed by atoms with Crippen LogP contribution in [0.1, 0.15) is 24.1 Å². The molecule has 0 aliphatic carbocycles. The number of nitrogens with zero attached hydrogens (tertiary/aromatic N) is 4. The molecule has 1 fully saturated rings. The van der Waals surface area contributed by atoms with E-state index in [0.717, 1.165) is 47.6 Å². The van der Waals surface area contributed by atoms with Crippen LogP contribution in [0, 0.1) is 12.8 Å². The molecule has 2 aromatic heterocycles.